The van der Waals surface area contributed by atoms with Gasteiger partial charge in [-0.2, -0.15) is 0 Å². The topological polar surface area (TPSA) is 70.4 Å². The molecular weight excluding hydrogens is 383 g/mol. The first-order chi connectivity index (χ1) is 12.7. The van der Waals surface area contributed by atoms with Crippen LogP contribution >= 0.6 is 19.4 Å². The highest BCUT2D eigenvalue weighted by Crippen LogP contribution is 2.56. The van der Waals surface area contributed by atoms with Crippen molar-refractivity contribution in [3.8, 4) is 0 Å². The summed E-state index contributed by atoms with van der Waals surface area (Å²) < 4.78 is 26.4. The van der Waals surface area contributed by atoms with Gasteiger partial charge in [0.1, 0.15) is 0 Å². The van der Waals surface area contributed by atoms with Gasteiger partial charge in [-0.3, -0.25) is 9.36 Å². The summed E-state index contributed by atoms with van der Waals surface area (Å²) in [4.78, 5) is 17.8. The van der Waals surface area contributed by atoms with Crippen LogP contribution in [0.5, 0.6) is 0 Å². The number of Topliss-reactive ketones (excluding diaryl/α,β-unsaturated/α-hetero) is 1. The molecule has 1 aromatic heterocycles. The minimum Gasteiger partial charge on any atom is -0.314 e. The fourth-order valence-electron chi connectivity index (χ4n) is 3.35. The van der Waals surface area contributed by atoms with E-state index in [1.54, 1.807) is 13.8 Å². The van der Waals surface area contributed by atoms with Crippen molar-refractivity contribution in [2.75, 3.05) is 19.4 Å². The second-order valence-electron chi connectivity index (χ2n) is 7.60. The summed E-state index contributed by atoms with van der Waals surface area (Å²) in [6.07, 6.45) is 0.154. The molecule has 0 bridgehead atoms. The van der Waals surface area contributed by atoms with Crippen LogP contribution < -0.4 is 0 Å². The largest absolute Gasteiger partial charge is 0.332 e. The van der Waals surface area contributed by atoms with Crippen molar-refractivity contribution >= 4 is 36.2 Å². The van der Waals surface area contributed by atoms with E-state index in [1.807, 2.05) is 49.6 Å². The first-order valence-electron chi connectivity index (χ1n) is 9.26. The van der Waals surface area contributed by atoms with Gasteiger partial charge in [0.15, 0.2) is 10.9 Å². The molecule has 2 atom stereocenters. The number of hydrogen-bond acceptors (Lipinski definition) is 6. The molecule has 1 aromatic carbocycles. The van der Waals surface area contributed by atoms with E-state index in [1.165, 1.54) is 11.8 Å². The summed E-state index contributed by atoms with van der Waals surface area (Å²) in [5, 5.41) is 0.412. The van der Waals surface area contributed by atoms with Crippen LogP contribution in [0.15, 0.2) is 29.4 Å². The number of carbonyl (C=O) groups excluding carboxylic acids is 1. The fraction of sp³-hybridized carbons (Fsp3) is 0.579. The second kappa shape index (κ2) is 7.70. The van der Waals surface area contributed by atoms with Crippen LogP contribution in [-0.4, -0.2) is 40.0 Å². The molecule has 27 heavy (non-hydrogen) atoms. The number of nitrogens with zero attached hydrogens (tertiary/aromatic N) is 2. The Balaban J connectivity index is 2.07. The molecule has 1 aliphatic heterocycles. The summed E-state index contributed by atoms with van der Waals surface area (Å²) in [6.45, 7) is 9.93. The molecule has 0 fully saturated rings. The van der Waals surface area contributed by atoms with E-state index in [2.05, 4.69) is 4.98 Å². The maximum atomic E-state index is 13.3. The number of benzene rings is 1. The van der Waals surface area contributed by atoms with Gasteiger partial charge in [-0.15, -0.1) is 0 Å². The first kappa shape index (κ1) is 20.6. The zero-order valence-electron chi connectivity index (χ0n) is 16.5. The number of para-hydroxylation sites is 2. The highest BCUT2D eigenvalue weighted by molar-refractivity contribution is 8.00. The molecule has 8 heteroatoms. The molecule has 0 saturated carbocycles. The number of carbonyl (C=O) groups is 1. The third kappa shape index (κ3) is 4.02. The van der Waals surface area contributed by atoms with E-state index < -0.39 is 13.0 Å². The van der Waals surface area contributed by atoms with Crippen molar-refractivity contribution in [3.63, 3.8) is 0 Å². The van der Waals surface area contributed by atoms with Gasteiger partial charge in [0.05, 0.1) is 41.7 Å². The Bertz CT molecular complexity index is 879. The zero-order chi connectivity index (χ0) is 19.8. The Morgan fingerprint density at radius 3 is 2.44 bits per heavy atom. The lowest BCUT2D eigenvalue weighted by molar-refractivity contribution is -0.126. The molecule has 0 radical (unpaired) electrons. The predicted octanol–water partition coefficient (Wildman–Crippen LogP) is 4.93. The lowest BCUT2D eigenvalue weighted by Crippen LogP contribution is -2.35. The number of ketones is 1. The van der Waals surface area contributed by atoms with E-state index in [-0.39, 0.29) is 23.2 Å². The van der Waals surface area contributed by atoms with Gasteiger partial charge >= 0.3 is 7.60 Å². The summed E-state index contributed by atoms with van der Waals surface area (Å²) in [6, 6.07) is 7.49. The zero-order valence-corrected chi connectivity index (χ0v) is 18.2. The lowest BCUT2D eigenvalue weighted by atomic mass is 9.87. The monoisotopic (exact) mass is 410 g/mol. The quantitative estimate of drug-likeness (QED) is 0.603. The Morgan fingerprint density at radius 1 is 1.22 bits per heavy atom. The van der Waals surface area contributed by atoms with Gasteiger partial charge in [0.2, 0.25) is 0 Å². The number of imidazole rings is 1. The number of hydrogen-bond donors (Lipinski definition) is 0. The van der Waals surface area contributed by atoms with Gasteiger partial charge in [-0.25, -0.2) is 4.98 Å². The van der Waals surface area contributed by atoms with Crippen LogP contribution in [0.1, 0.15) is 40.7 Å². The van der Waals surface area contributed by atoms with Crippen LogP contribution in [0.3, 0.4) is 0 Å². The van der Waals surface area contributed by atoms with Crippen molar-refractivity contribution in [3.05, 3.63) is 24.3 Å². The fourth-order valence-corrected chi connectivity index (χ4v) is 6.96. The molecule has 1 aliphatic rings. The molecule has 3 rings (SSSR count). The molecule has 0 aliphatic carbocycles. The van der Waals surface area contributed by atoms with Crippen LogP contribution in [0.4, 0.5) is 0 Å². The van der Waals surface area contributed by atoms with Crippen molar-refractivity contribution in [1.82, 2.24) is 9.55 Å². The molecular formula is C19H27N2O4PS. The summed E-state index contributed by atoms with van der Waals surface area (Å²) in [5.41, 5.74) is 1.31. The average molecular weight is 410 g/mol. The minimum absolute atomic E-state index is 0.117. The summed E-state index contributed by atoms with van der Waals surface area (Å²) in [7, 11) is -3.32. The van der Waals surface area contributed by atoms with Crippen molar-refractivity contribution in [1.29, 1.82) is 0 Å². The predicted molar refractivity (Wildman–Crippen MR) is 109 cm³/mol. The molecule has 0 amide bonds. The van der Waals surface area contributed by atoms with Crippen LogP contribution in [0, 0.1) is 5.41 Å². The van der Waals surface area contributed by atoms with Crippen LogP contribution in [-0.2, 0) is 18.4 Å². The molecule has 0 saturated heterocycles. The van der Waals surface area contributed by atoms with E-state index in [0.717, 1.165) is 16.2 Å². The maximum absolute atomic E-state index is 13.3. The maximum Gasteiger partial charge on any atom is 0.332 e. The van der Waals surface area contributed by atoms with Crippen molar-refractivity contribution in [2.24, 2.45) is 5.41 Å². The molecule has 0 spiro atoms. The Kier molecular flexibility index (Phi) is 5.88. The van der Waals surface area contributed by atoms with Crippen molar-refractivity contribution in [2.45, 2.75) is 51.1 Å². The molecule has 2 aromatic rings. The molecule has 0 N–H and O–H groups in total. The third-order valence-electron chi connectivity index (χ3n) is 4.54. The van der Waals surface area contributed by atoms with E-state index in [0.29, 0.717) is 13.2 Å². The number of fused-ring (bicyclic) bond motifs is 3. The van der Waals surface area contributed by atoms with Crippen LogP contribution in [0.25, 0.3) is 11.0 Å². The SMILES string of the molecule is CCOP(=O)(C[C@H]1[C@H](C(=O)C(C)(C)C)Sc2nc3ccccc3n21)OCC. The Hall–Kier alpha value is -1.14. The number of thioether (sulfide) groups is 1. The van der Waals surface area contributed by atoms with E-state index in [9.17, 15) is 9.36 Å². The second-order valence-corrected chi connectivity index (χ2v) is 10.8. The minimum atomic E-state index is -3.32. The van der Waals surface area contributed by atoms with Gasteiger partial charge in [-0.05, 0) is 26.0 Å². The lowest BCUT2D eigenvalue weighted by Gasteiger charge is -2.28. The molecule has 6 nitrogen and oxygen atoms in total. The van der Waals surface area contributed by atoms with Gasteiger partial charge < -0.3 is 13.6 Å². The third-order valence-corrected chi connectivity index (χ3v) is 7.94. The normalized spacial score (nSPS) is 20.2. The van der Waals surface area contributed by atoms with E-state index in [4.69, 9.17) is 9.05 Å². The highest BCUT2D eigenvalue weighted by atomic mass is 32.2. The Labute approximate surface area is 164 Å². The molecule has 0 unspecified atom stereocenters. The molecule has 148 valence electrons. The van der Waals surface area contributed by atoms with Crippen LogP contribution in [0.2, 0.25) is 0 Å². The average Bonchev–Trinajstić information content (AvgIpc) is 3.10. The van der Waals surface area contributed by atoms with Gasteiger partial charge in [0, 0.05) is 5.41 Å². The first-order valence-corrected chi connectivity index (χ1v) is 11.9. The van der Waals surface area contributed by atoms with Gasteiger partial charge in [0.25, 0.3) is 0 Å². The highest BCUT2D eigenvalue weighted by Gasteiger charge is 2.47. The smallest absolute Gasteiger partial charge is 0.314 e. The number of aromatic nitrogens is 2. The standard InChI is InChI=1S/C19H27N2O4PS/c1-6-24-26(23,25-7-2)12-15-16(17(22)19(3,4)5)27-18-20-13-10-8-9-11-14(13)21(15)18/h8-11,15-16H,6-7,12H2,1-5H3/t15-,16+/m0/s1. The Morgan fingerprint density at radius 2 is 1.85 bits per heavy atom. The summed E-state index contributed by atoms with van der Waals surface area (Å²) in [5.74, 6) is 0.117. The summed E-state index contributed by atoms with van der Waals surface area (Å²) >= 11 is 1.45. The number of rotatable bonds is 7. The van der Waals surface area contributed by atoms with Gasteiger partial charge in [-0.1, -0.05) is 44.7 Å². The van der Waals surface area contributed by atoms with Crippen molar-refractivity contribution < 1.29 is 18.4 Å². The molecule has 2 heterocycles. The van der Waals surface area contributed by atoms with E-state index >= 15 is 0 Å².